The maximum Gasteiger partial charge on any atom is 0.269 e. The number of aromatic amines is 1. The molecule has 0 aliphatic rings. The molecule has 0 fully saturated rings. The summed E-state index contributed by atoms with van der Waals surface area (Å²) in [5, 5.41) is 10.2. The highest BCUT2D eigenvalue weighted by Gasteiger charge is 2.15. The van der Waals surface area contributed by atoms with E-state index in [-0.39, 0.29) is 22.9 Å². The normalized spacial score (nSPS) is 10.9. The maximum atomic E-state index is 13.9. The lowest BCUT2D eigenvalue weighted by molar-refractivity contribution is 0.0946. The van der Waals surface area contributed by atoms with Crippen molar-refractivity contribution in [2.24, 2.45) is 0 Å². The molecule has 9 heteroatoms. The Bertz CT molecular complexity index is 1170. The Hall–Kier alpha value is -3.46. The Balaban J connectivity index is 1.46. The molecule has 29 heavy (non-hydrogen) atoms. The monoisotopic (exact) mass is 411 g/mol. The molecule has 0 saturated heterocycles. The number of pyridine rings is 1. The number of carbonyl (C=O) groups excluding carboxylic acids is 1. The smallest absolute Gasteiger partial charge is 0.269 e. The summed E-state index contributed by atoms with van der Waals surface area (Å²) in [6.07, 6.45) is 3.43. The number of rotatable bonds is 5. The van der Waals surface area contributed by atoms with E-state index in [0.29, 0.717) is 6.54 Å². The number of nitrogens with zero attached hydrogens (tertiary/aromatic N) is 3. The summed E-state index contributed by atoms with van der Waals surface area (Å²) in [6, 6.07) is 8.38. The van der Waals surface area contributed by atoms with Crippen molar-refractivity contribution < 1.29 is 13.6 Å². The minimum Gasteiger partial charge on any atom is -0.346 e. The minimum atomic E-state index is -0.744. The van der Waals surface area contributed by atoms with Crippen LogP contribution in [0.15, 0.2) is 48.8 Å². The van der Waals surface area contributed by atoms with Crippen LogP contribution in [-0.2, 0) is 6.54 Å². The molecule has 4 aromatic rings. The van der Waals surface area contributed by atoms with E-state index in [2.05, 4.69) is 25.5 Å². The third-order valence-corrected chi connectivity index (χ3v) is 5.45. The number of benzene rings is 1. The second-order valence-corrected chi connectivity index (χ2v) is 7.33. The van der Waals surface area contributed by atoms with Crippen molar-refractivity contribution in [1.82, 2.24) is 25.5 Å². The van der Waals surface area contributed by atoms with Crippen LogP contribution in [0.2, 0.25) is 0 Å². The highest BCUT2D eigenvalue weighted by atomic mass is 32.1. The fourth-order valence-corrected chi connectivity index (χ4v) is 3.73. The van der Waals surface area contributed by atoms with Crippen LogP contribution in [0.1, 0.15) is 21.1 Å². The second kappa shape index (κ2) is 7.88. The summed E-state index contributed by atoms with van der Waals surface area (Å²) in [7, 11) is 0. The average Bonchev–Trinajstić information content (AvgIpc) is 3.34. The lowest BCUT2D eigenvalue weighted by Gasteiger charge is -2.01. The van der Waals surface area contributed by atoms with Gasteiger partial charge in [-0.2, -0.15) is 5.10 Å². The lowest BCUT2D eigenvalue weighted by atomic mass is 10.1. The molecule has 0 saturated carbocycles. The Labute approximate surface area is 168 Å². The molecular formula is C20H15F2N5OS. The zero-order valence-electron chi connectivity index (χ0n) is 15.2. The third-order valence-electron chi connectivity index (χ3n) is 4.24. The molecule has 0 aliphatic carbocycles. The van der Waals surface area contributed by atoms with Crippen LogP contribution < -0.4 is 5.32 Å². The summed E-state index contributed by atoms with van der Waals surface area (Å²) in [5.41, 5.74) is 2.26. The molecule has 0 spiro atoms. The van der Waals surface area contributed by atoms with Crippen LogP contribution in [0.4, 0.5) is 8.78 Å². The fraction of sp³-hybridized carbons (Fsp3) is 0.100. The van der Waals surface area contributed by atoms with E-state index >= 15 is 0 Å². The lowest BCUT2D eigenvalue weighted by Crippen LogP contribution is -2.23. The first-order valence-electron chi connectivity index (χ1n) is 8.67. The molecule has 3 aromatic heterocycles. The number of carbonyl (C=O) groups is 1. The first kappa shape index (κ1) is 18.9. The quantitative estimate of drug-likeness (QED) is 0.518. The summed E-state index contributed by atoms with van der Waals surface area (Å²) < 4.78 is 27.0. The molecule has 0 atom stereocenters. The molecule has 2 N–H and O–H groups in total. The molecule has 146 valence electrons. The maximum absolute atomic E-state index is 13.9. The number of amides is 1. The van der Waals surface area contributed by atoms with Gasteiger partial charge in [-0.05, 0) is 37.3 Å². The predicted molar refractivity (Wildman–Crippen MR) is 105 cm³/mol. The van der Waals surface area contributed by atoms with Gasteiger partial charge in [-0.15, -0.1) is 11.3 Å². The number of halogens is 2. The number of hydrogen-bond donors (Lipinski definition) is 2. The van der Waals surface area contributed by atoms with Crippen molar-refractivity contribution in [2.75, 3.05) is 0 Å². The number of hydrogen-bond acceptors (Lipinski definition) is 5. The second-order valence-electron chi connectivity index (χ2n) is 6.24. The molecule has 0 unspecified atom stereocenters. The van der Waals surface area contributed by atoms with E-state index in [1.54, 1.807) is 12.4 Å². The minimum absolute atomic E-state index is 0.112. The first-order chi connectivity index (χ1) is 14.0. The molecule has 3 heterocycles. The van der Waals surface area contributed by atoms with Crippen molar-refractivity contribution in [1.29, 1.82) is 0 Å². The van der Waals surface area contributed by atoms with Crippen LogP contribution >= 0.6 is 11.3 Å². The van der Waals surface area contributed by atoms with Crippen molar-refractivity contribution in [3.63, 3.8) is 0 Å². The van der Waals surface area contributed by atoms with E-state index in [4.69, 9.17) is 0 Å². The van der Waals surface area contributed by atoms with Crippen LogP contribution in [0, 0.1) is 18.6 Å². The molecular weight excluding hydrogens is 396 g/mol. The van der Waals surface area contributed by atoms with Crippen LogP contribution in [0.5, 0.6) is 0 Å². The molecule has 0 radical (unpaired) electrons. The van der Waals surface area contributed by atoms with Crippen molar-refractivity contribution in [3.05, 3.63) is 76.7 Å². The van der Waals surface area contributed by atoms with Crippen molar-refractivity contribution in [2.45, 2.75) is 13.5 Å². The van der Waals surface area contributed by atoms with Crippen LogP contribution in [0.3, 0.4) is 0 Å². The van der Waals surface area contributed by atoms with E-state index in [0.717, 1.165) is 33.3 Å². The molecule has 6 nitrogen and oxygen atoms in total. The van der Waals surface area contributed by atoms with Gasteiger partial charge < -0.3 is 5.32 Å². The highest BCUT2D eigenvalue weighted by molar-refractivity contribution is 7.15. The van der Waals surface area contributed by atoms with E-state index in [9.17, 15) is 13.6 Å². The van der Waals surface area contributed by atoms with E-state index in [1.165, 1.54) is 23.5 Å². The summed E-state index contributed by atoms with van der Waals surface area (Å²) >= 11 is 1.48. The third kappa shape index (κ3) is 4.04. The van der Waals surface area contributed by atoms with Gasteiger partial charge in [-0.3, -0.25) is 14.9 Å². The van der Waals surface area contributed by atoms with Gasteiger partial charge in [0.05, 0.1) is 17.9 Å². The number of H-pyrrole nitrogens is 1. The largest absolute Gasteiger partial charge is 0.346 e. The predicted octanol–water partition coefficient (Wildman–Crippen LogP) is 4.11. The SMILES string of the molecule is Cc1nc(-c2cccnc2)sc1CNC(=O)c1cc(-c2ccc(F)cc2F)n[nH]1. The van der Waals surface area contributed by atoms with Crippen molar-refractivity contribution >= 4 is 17.2 Å². The van der Waals surface area contributed by atoms with Gasteiger partial charge in [0.2, 0.25) is 0 Å². The number of thiazole rings is 1. The Morgan fingerprint density at radius 2 is 2.10 bits per heavy atom. The average molecular weight is 411 g/mol. The van der Waals surface area contributed by atoms with Gasteiger partial charge in [-0.25, -0.2) is 13.8 Å². The van der Waals surface area contributed by atoms with Crippen molar-refractivity contribution in [3.8, 4) is 21.8 Å². The number of aromatic nitrogens is 4. The van der Waals surface area contributed by atoms with Crippen LogP contribution in [0.25, 0.3) is 21.8 Å². The molecule has 0 bridgehead atoms. The topological polar surface area (TPSA) is 83.6 Å². The van der Waals surface area contributed by atoms with Gasteiger partial charge in [0.25, 0.3) is 5.91 Å². The number of nitrogens with one attached hydrogen (secondary N) is 2. The molecule has 0 aliphatic heterocycles. The molecule has 1 amide bonds. The van der Waals surface area contributed by atoms with Gasteiger partial charge in [0.1, 0.15) is 22.3 Å². The first-order valence-corrected chi connectivity index (χ1v) is 9.48. The Morgan fingerprint density at radius 3 is 2.86 bits per heavy atom. The standard InChI is InChI=1S/C20H15F2N5OS/c1-11-18(29-20(25-11)12-3-2-6-23-9-12)10-24-19(28)17-8-16(26-27-17)14-5-4-13(21)7-15(14)22/h2-9H,10H2,1H3,(H,24,28)(H,26,27). The van der Waals surface area contributed by atoms with Gasteiger partial charge in [0, 0.05) is 34.5 Å². The molecule has 1 aromatic carbocycles. The Kier molecular flexibility index (Phi) is 5.13. The summed E-state index contributed by atoms with van der Waals surface area (Å²) in [6.45, 7) is 2.17. The van der Waals surface area contributed by atoms with Gasteiger partial charge in [-0.1, -0.05) is 0 Å². The molecule has 4 rings (SSSR count). The number of aryl methyl sites for hydroxylation is 1. The summed E-state index contributed by atoms with van der Waals surface area (Å²) in [4.78, 5) is 22.0. The fourth-order valence-electron chi connectivity index (χ4n) is 2.73. The summed E-state index contributed by atoms with van der Waals surface area (Å²) in [5.74, 6) is -1.81. The van der Waals surface area contributed by atoms with Gasteiger partial charge >= 0.3 is 0 Å². The van der Waals surface area contributed by atoms with E-state index < -0.39 is 11.6 Å². The van der Waals surface area contributed by atoms with Crippen LogP contribution in [-0.4, -0.2) is 26.1 Å². The zero-order valence-corrected chi connectivity index (χ0v) is 16.1. The Morgan fingerprint density at radius 1 is 1.24 bits per heavy atom. The van der Waals surface area contributed by atoms with Gasteiger partial charge in [0.15, 0.2) is 0 Å². The highest BCUT2D eigenvalue weighted by Crippen LogP contribution is 2.27. The zero-order chi connectivity index (χ0) is 20.4. The van der Waals surface area contributed by atoms with E-state index in [1.807, 2.05) is 19.1 Å².